The highest BCUT2D eigenvalue weighted by atomic mass is 32.2. The fourth-order valence-electron chi connectivity index (χ4n) is 2.99. The van der Waals surface area contributed by atoms with Crippen molar-refractivity contribution in [2.75, 3.05) is 30.3 Å². The molecule has 0 bridgehead atoms. The fourth-order valence-corrected chi connectivity index (χ4v) is 3.72. The van der Waals surface area contributed by atoms with Crippen molar-refractivity contribution in [1.82, 2.24) is 25.4 Å². The molecule has 2 aromatic rings. The number of anilines is 1. The average Bonchev–Trinajstić information content (AvgIpc) is 3.36. The summed E-state index contributed by atoms with van der Waals surface area (Å²) in [5.41, 5.74) is 0. The van der Waals surface area contributed by atoms with Gasteiger partial charge >= 0.3 is 6.03 Å². The Balaban J connectivity index is 1.66. The Labute approximate surface area is 168 Å². The van der Waals surface area contributed by atoms with Crippen LogP contribution < -0.4 is 15.5 Å². The molecule has 0 aliphatic carbocycles. The summed E-state index contributed by atoms with van der Waals surface area (Å²) >= 11 is 1.26. The lowest BCUT2D eigenvalue weighted by atomic mass is 10.1. The molecule has 152 valence electrons. The van der Waals surface area contributed by atoms with Crippen molar-refractivity contribution in [3.8, 4) is 0 Å². The summed E-state index contributed by atoms with van der Waals surface area (Å²) in [6.07, 6.45) is 5.93. The van der Waals surface area contributed by atoms with Gasteiger partial charge in [0.2, 0.25) is 11.9 Å². The molecule has 3 heterocycles. The summed E-state index contributed by atoms with van der Waals surface area (Å²) < 4.78 is 7.45. The van der Waals surface area contributed by atoms with Gasteiger partial charge in [0.25, 0.3) is 0 Å². The predicted octanol–water partition coefficient (Wildman–Crippen LogP) is 2.24. The minimum Gasteiger partial charge on any atom is -0.467 e. The summed E-state index contributed by atoms with van der Waals surface area (Å²) in [6, 6.07) is 3.27. The molecule has 9 nitrogen and oxygen atoms in total. The maximum Gasteiger partial charge on any atom is 0.321 e. The van der Waals surface area contributed by atoms with Crippen LogP contribution in [0.3, 0.4) is 0 Å². The number of hydrogen-bond donors (Lipinski definition) is 2. The monoisotopic (exact) mass is 406 g/mol. The Bertz CT molecular complexity index is 770. The van der Waals surface area contributed by atoms with E-state index in [0.717, 1.165) is 44.1 Å². The van der Waals surface area contributed by atoms with Gasteiger partial charge in [-0.1, -0.05) is 18.7 Å². The maximum absolute atomic E-state index is 12.0. The number of aromatic nitrogens is 3. The van der Waals surface area contributed by atoms with Gasteiger partial charge in [0.05, 0.1) is 18.6 Å². The van der Waals surface area contributed by atoms with Gasteiger partial charge in [-0.3, -0.25) is 14.7 Å². The number of carbonyl (C=O) groups excluding carboxylic acids is 2. The number of furan rings is 1. The zero-order valence-corrected chi connectivity index (χ0v) is 16.8. The van der Waals surface area contributed by atoms with E-state index in [1.165, 1.54) is 18.2 Å². The van der Waals surface area contributed by atoms with Crippen molar-refractivity contribution >= 4 is 29.6 Å². The molecular formula is C18H26N6O3S. The lowest BCUT2D eigenvalue weighted by Gasteiger charge is -2.27. The molecule has 0 spiro atoms. The Kier molecular flexibility index (Phi) is 7.35. The first-order valence-corrected chi connectivity index (χ1v) is 10.6. The molecule has 0 saturated carbocycles. The molecular weight excluding hydrogens is 380 g/mol. The van der Waals surface area contributed by atoms with E-state index in [4.69, 9.17) is 4.42 Å². The number of nitrogens with zero attached hydrogens (tertiary/aromatic N) is 4. The standard InChI is InChI=1S/C18H26N6O3S/c1-2-8-19-16(26)20-15(25)13-28-18-22-21-17(23-9-4-3-5-10-23)24(18)12-14-7-6-11-27-14/h6-7,11H,2-5,8-10,12-13H2,1H3,(H2,19,20,25,26). The van der Waals surface area contributed by atoms with Crippen LogP contribution in [0, 0.1) is 0 Å². The molecule has 28 heavy (non-hydrogen) atoms. The van der Waals surface area contributed by atoms with E-state index in [0.29, 0.717) is 18.2 Å². The van der Waals surface area contributed by atoms with E-state index < -0.39 is 6.03 Å². The lowest BCUT2D eigenvalue weighted by molar-refractivity contribution is -0.117. The first-order chi connectivity index (χ1) is 13.7. The summed E-state index contributed by atoms with van der Waals surface area (Å²) in [7, 11) is 0. The van der Waals surface area contributed by atoms with Gasteiger partial charge in [0.1, 0.15) is 5.76 Å². The molecule has 1 fully saturated rings. The van der Waals surface area contributed by atoms with Crippen molar-refractivity contribution in [2.45, 2.75) is 44.3 Å². The number of urea groups is 1. The van der Waals surface area contributed by atoms with Crippen LogP contribution in [0.25, 0.3) is 0 Å². The fraction of sp³-hybridized carbons (Fsp3) is 0.556. The lowest BCUT2D eigenvalue weighted by Crippen LogP contribution is -2.40. The molecule has 0 unspecified atom stereocenters. The average molecular weight is 407 g/mol. The molecule has 0 atom stereocenters. The minimum absolute atomic E-state index is 0.0792. The second-order valence-corrected chi connectivity index (χ2v) is 7.53. The Morgan fingerprint density at radius 2 is 2.07 bits per heavy atom. The summed E-state index contributed by atoms with van der Waals surface area (Å²) in [6.45, 7) is 4.86. The SMILES string of the molecule is CCCNC(=O)NC(=O)CSc1nnc(N2CCCCC2)n1Cc1ccco1. The molecule has 2 N–H and O–H groups in total. The number of amides is 3. The van der Waals surface area contributed by atoms with E-state index in [1.807, 2.05) is 23.6 Å². The van der Waals surface area contributed by atoms with Crippen molar-refractivity contribution in [1.29, 1.82) is 0 Å². The normalized spacial score (nSPS) is 14.1. The zero-order valence-electron chi connectivity index (χ0n) is 16.0. The summed E-state index contributed by atoms with van der Waals surface area (Å²) in [5, 5.41) is 14.2. The largest absolute Gasteiger partial charge is 0.467 e. The number of rotatable bonds is 8. The summed E-state index contributed by atoms with van der Waals surface area (Å²) in [5.74, 6) is 1.30. The van der Waals surface area contributed by atoms with E-state index in [2.05, 4.69) is 25.7 Å². The highest BCUT2D eigenvalue weighted by Gasteiger charge is 2.22. The maximum atomic E-state index is 12.0. The molecule has 1 aliphatic heterocycles. The predicted molar refractivity (Wildman–Crippen MR) is 106 cm³/mol. The zero-order chi connectivity index (χ0) is 19.8. The van der Waals surface area contributed by atoms with E-state index in [9.17, 15) is 9.59 Å². The van der Waals surface area contributed by atoms with Crippen LogP contribution in [0.4, 0.5) is 10.7 Å². The Morgan fingerprint density at radius 1 is 1.25 bits per heavy atom. The van der Waals surface area contributed by atoms with Gasteiger partial charge in [-0.05, 0) is 37.8 Å². The van der Waals surface area contributed by atoms with Crippen LogP contribution in [0.15, 0.2) is 28.0 Å². The van der Waals surface area contributed by atoms with Crippen LogP contribution in [-0.2, 0) is 11.3 Å². The first-order valence-electron chi connectivity index (χ1n) is 9.58. The molecule has 3 amide bonds. The molecule has 0 aromatic carbocycles. The number of nitrogens with one attached hydrogen (secondary N) is 2. The van der Waals surface area contributed by atoms with E-state index in [1.54, 1.807) is 6.26 Å². The first kappa shape index (κ1) is 20.2. The molecule has 1 aliphatic rings. The highest BCUT2D eigenvalue weighted by Crippen LogP contribution is 2.25. The van der Waals surface area contributed by atoms with Crippen molar-refractivity contribution < 1.29 is 14.0 Å². The van der Waals surface area contributed by atoms with Gasteiger partial charge in [-0.2, -0.15) is 0 Å². The van der Waals surface area contributed by atoms with E-state index >= 15 is 0 Å². The second kappa shape index (κ2) is 10.2. The van der Waals surface area contributed by atoms with Crippen molar-refractivity contribution in [3.05, 3.63) is 24.2 Å². The quantitative estimate of drug-likeness (QED) is 0.648. The summed E-state index contributed by atoms with van der Waals surface area (Å²) in [4.78, 5) is 25.9. The third kappa shape index (κ3) is 5.51. The smallest absolute Gasteiger partial charge is 0.321 e. The number of thioether (sulfide) groups is 1. The topological polar surface area (TPSA) is 105 Å². The van der Waals surface area contributed by atoms with Crippen LogP contribution in [-0.4, -0.2) is 52.1 Å². The minimum atomic E-state index is -0.474. The number of hydrogen-bond acceptors (Lipinski definition) is 7. The van der Waals surface area contributed by atoms with Crippen molar-refractivity contribution in [3.63, 3.8) is 0 Å². The number of carbonyl (C=O) groups is 2. The highest BCUT2D eigenvalue weighted by molar-refractivity contribution is 7.99. The van der Waals surface area contributed by atoms with Gasteiger partial charge in [-0.25, -0.2) is 4.79 Å². The van der Waals surface area contributed by atoms with Crippen LogP contribution in [0.1, 0.15) is 38.4 Å². The van der Waals surface area contributed by atoms with Gasteiger partial charge in [0.15, 0.2) is 5.16 Å². The van der Waals surface area contributed by atoms with Crippen LogP contribution >= 0.6 is 11.8 Å². The number of piperidine rings is 1. The van der Waals surface area contributed by atoms with Crippen LogP contribution in [0.5, 0.6) is 0 Å². The molecule has 0 radical (unpaired) electrons. The van der Waals surface area contributed by atoms with Gasteiger partial charge < -0.3 is 14.6 Å². The molecule has 1 saturated heterocycles. The third-order valence-corrected chi connectivity index (χ3v) is 5.32. The molecule has 3 rings (SSSR count). The number of imide groups is 1. The van der Waals surface area contributed by atoms with E-state index in [-0.39, 0.29) is 11.7 Å². The second-order valence-electron chi connectivity index (χ2n) is 6.59. The van der Waals surface area contributed by atoms with Crippen molar-refractivity contribution in [2.24, 2.45) is 0 Å². The Morgan fingerprint density at radius 3 is 2.79 bits per heavy atom. The molecule has 2 aromatic heterocycles. The van der Waals surface area contributed by atoms with Gasteiger partial charge in [0, 0.05) is 19.6 Å². The Hall–Kier alpha value is -2.49. The third-order valence-electron chi connectivity index (χ3n) is 4.35. The van der Waals surface area contributed by atoms with Gasteiger partial charge in [-0.15, -0.1) is 10.2 Å². The van der Waals surface area contributed by atoms with Crippen LogP contribution in [0.2, 0.25) is 0 Å². The molecule has 10 heteroatoms.